The second kappa shape index (κ2) is 5.42. The smallest absolute Gasteiger partial charge is 0.229 e. The molecule has 0 radical (unpaired) electrons. The molecule has 3 heteroatoms. The van der Waals surface area contributed by atoms with Gasteiger partial charge in [0, 0.05) is 18.8 Å². The first-order valence-electron chi connectivity index (χ1n) is 6.70. The first-order valence-corrected chi connectivity index (χ1v) is 6.70. The van der Waals surface area contributed by atoms with Gasteiger partial charge in [-0.25, -0.2) is 0 Å². The normalized spacial score (nSPS) is 19.2. The van der Waals surface area contributed by atoms with Crippen LogP contribution < -0.4 is 10.6 Å². The molecule has 1 aliphatic rings. The number of benzene rings is 1. The van der Waals surface area contributed by atoms with Crippen molar-refractivity contribution in [3.63, 3.8) is 0 Å². The van der Waals surface area contributed by atoms with Crippen LogP contribution in [-0.4, -0.2) is 19.0 Å². The second-order valence-electron chi connectivity index (χ2n) is 5.49. The van der Waals surface area contributed by atoms with E-state index in [1.807, 2.05) is 24.3 Å². The van der Waals surface area contributed by atoms with Gasteiger partial charge in [0.2, 0.25) is 5.91 Å². The van der Waals surface area contributed by atoms with E-state index in [0.717, 1.165) is 17.8 Å². The van der Waals surface area contributed by atoms with Crippen molar-refractivity contribution in [2.75, 3.05) is 18.4 Å². The molecule has 3 nitrogen and oxygen atoms in total. The number of fused-ring (bicyclic) bond motifs is 1. The van der Waals surface area contributed by atoms with Crippen LogP contribution in [0.2, 0.25) is 0 Å². The number of carbonyl (C=O) groups excluding carboxylic acids is 1. The molecule has 2 atom stereocenters. The Morgan fingerprint density at radius 3 is 2.83 bits per heavy atom. The molecule has 0 bridgehead atoms. The monoisotopic (exact) mass is 246 g/mol. The van der Waals surface area contributed by atoms with Crippen LogP contribution in [0.3, 0.4) is 0 Å². The van der Waals surface area contributed by atoms with E-state index < -0.39 is 0 Å². The summed E-state index contributed by atoms with van der Waals surface area (Å²) in [6.45, 7) is 8.01. The number of hydrogen-bond donors (Lipinski definition) is 2. The lowest BCUT2D eigenvalue weighted by molar-refractivity contribution is -0.122. The lowest BCUT2D eigenvalue weighted by Crippen LogP contribution is -2.34. The van der Waals surface area contributed by atoms with Gasteiger partial charge in [-0.15, -0.1) is 0 Å². The fourth-order valence-electron chi connectivity index (χ4n) is 2.14. The molecule has 0 saturated heterocycles. The van der Waals surface area contributed by atoms with E-state index in [1.165, 1.54) is 0 Å². The highest BCUT2D eigenvalue weighted by molar-refractivity contribution is 5.88. The van der Waals surface area contributed by atoms with E-state index in [0.29, 0.717) is 18.4 Å². The third kappa shape index (κ3) is 2.66. The van der Waals surface area contributed by atoms with Crippen molar-refractivity contribution in [3.05, 3.63) is 29.8 Å². The first-order chi connectivity index (χ1) is 8.59. The van der Waals surface area contributed by atoms with Crippen molar-refractivity contribution >= 4 is 11.6 Å². The Morgan fingerprint density at radius 2 is 2.11 bits per heavy atom. The maximum absolute atomic E-state index is 12.2. The average Bonchev–Trinajstić information content (AvgIpc) is 2.79. The van der Waals surface area contributed by atoms with Gasteiger partial charge < -0.3 is 10.6 Å². The topological polar surface area (TPSA) is 41.1 Å². The standard InChI is InChI=1S/C15H22N2O/c1-10(2)11(3)8-17-15(18)13-9-16-14-7-5-4-6-12(13)14/h4-7,10-11,13,16H,8-9H2,1-3H3,(H,17,18). The van der Waals surface area contributed by atoms with E-state index in [1.54, 1.807) is 0 Å². The van der Waals surface area contributed by atoms with Crippen LogP contribution in [0.1, 0.15) is 32.3 Å². The molecule has 0 fully saturated rings. The Hall–Kier alpha value is -1.51. The van der Waals surface area contributed by atoms with Crippen molar-refractivity contribution < 1.29 is 4.79 Å². The fourth-order valence-corrected chi connectivity index (χ4v) is 2.14. The van der Waals surface area contributed by atoms with Crippen molar-refractivity contribution in [1.82, 2.24) is 5.32 Å². The molecule has 0 aliphatic carbocycles. The summed E-state index contributed by atoms with van der Waals surface area (Å²) >= 11 is 0. The SMILES string of the molecule is CC(C)C(C)CNC(=O)C1CNc2ccccc21. The number of amides is 1. The van der Waals surface area contributed by atoms with Gasteiger partial charge in [0.05, 0.1) is 5.92 Å². The Morgan fingerprint density at radius 1 is 1.39 bits per heavy atom. The van der Waals surface area contributed by atoms with Crippen molar-refractivity contribution in [2.24, 2.45) is 11.8 Å². The Balaban J connectivity index is 1.95. The number of carbonyl (C=O) groups is 1. The molecule has 1 aliphatic heterocycles. The van der Waals surface area contributed by atoms with Gasteiger partial charge in [0.15, 0.2) is 0 Å². The lowest BCUT2D eigenvalue weighted by atomic mass is 9.97. The summed E-state index contributed by atoms with van der Waals surface area (Å²) in [7, 11) is 0. The summed E-state index contributed by atoms with van der Waals surface area (Å²) in [5, 5.41) is 6.35. The van der Waals surface area contributed by atoms with Gasteiger partial charge in [0.25, 0.3) is 0 Å². The molecule has 0 aromatic heterocycles. The van der Waals surface area contributed by atoms with Crippen LogP contribution in [0.5, 0.6) is 0 Å². The quantitative estimate of drug-likeness (QED) is 0.857. The molecule has 1 aromatic rings. The van der Waals surface area contributed by atoms with Gasteiger partial charge >= 0.3 is 0 Å². The minimum absolute atomic E-state index is 0.0411. The molecular formula is C15H22N2O. The molecule has 0 spiro atoms. The van der Waals surface area contributed by atoms with Crippen LogP contribution in [0.25, 0.3) is 0 Å². The molecule has 1 amide bonds. The zero-order valence-electron chi connectivity index (χ0n) is 11.4. The van der Waals surface area contributed by atoms with Crippen LogP contribution >= 0.6 is 0 Å². The van der Waals surface area contributed by atoms with Crippen LogP contribution in [0.4, 0.5) is 5.69 Å². The van der Waals surface area contributed by atoms with Crippen molar-refractivity contribution in [2.45, 2.75) is 26.7 Å². The van der Waals surface area contributed by atoms with Crippen LogP contribution in [-0.2, 0) is 4.79 Å². The summed E-state index contributed by atoms with van der Waals surface area (Å²) in [4.78, 5) is 12.2. The molecule has 1 heterocycles. The number of anilines is 1. The molecule has 2 N–H and O–H groups in total. The van der Waals surface area contributed by atoms with E-state index in [-0.39, 0.29) is 11.8 Å². The second-order valence-corrected chi connectivity index (χ2v) is 5.49. The molecule has 2 rings (SSSR count). The van der Waals surface area contributed by atoms with Gasteiger partial charge in [0.1, 0.15) is 0 Å². The number of para-hydroxylation sites is 1. The third-order valence-corrected chi connectivity index (χ3v) is 3.89. The van der Waals surface area contributed by atoms with E-state index >= 15 is 0 Å². The summed E-state index contributed by atoms with van der Waals surface area (Å²) in [5.74, 6) is 1.21. The van der Waals surface area contributed by atoms with Gasteiger partial charge in [-0.2, -0.15) is 0 Å². The van der Waals surface area contributed by atoms with Crippen molar-refractivity contribution in [1.29, 1.82) is 0 Å². The maximum atomic E-state index is 12.2. The summed E-state index contributed by atoms with van der Waals surface area (Å²) in [6.07, 6.45) is 0. The van der Waals surface area contributed by atoms with Crippen molar-refractivity contribution in [3.8, 4) is 0 Å². The van der Waals surface area contributed by atoms with E-state index in [4.69, 9.17) is 0 Å². The first kappa shape index (κ1) is 12.9. The number of hydrogen-bond acceptors (Lipinski definition) is 2. The van der Waals surface area contributed by atoms with E-state index in [9.17, 15) is 4.79 Å². The van der Waals surface area contributed by atoms with Gasteiger partial charge in [-0.05, 0) is 23.5 Å². The zero-order chi connectivity index (χ0) is 13.1. The maximum Gasteiger partial charge on any atom is 0.229 e. The fraction of sp³-hybridized carbons (Fsp3) is 0.533. The largest absolute Gasteiger partial charge is 0.384 e. The van der Waals surface area contributed by atoms with Crippen LogP contribution in [0, 0.1) is 11.8 Å². The molecular weight excluding hydrogens is 224 g/mol. The average molecular weight is 246 g/mol. The summed E-state index contributed by atoms with van der Waals surface area (Å²) in [5.41, 5.74) is 2.21. The van der Waals surface area contributed by atoms with Gasteiger partial charge in [-0.1, -0.05) is 39.0 Å². The summed E-state index contributed by atoms with van der Waals surface area (Å²) < 4.78 is 0. The molecule has 0 saturated carbocycles. The predicted molar refractivity (Wildman–Crippen MR) is 74.7 cm³/mol. The van der Waals surface area contributed by atoms with E-state index in [2.05, 4.69) is 31.4 Å². The van der Waals surface area contributed by atoms with Crippen LogP contribution in [0.15, 0.2) is 24.3 Å². The molecule has 18 heavy (non-hydrogen) atoms. The third-order valence-electron chi connectivity index (χ3n) is 3.89. The summed E-state index contributed by atoms with van der Waals surface area (Å²) in [6, 6.07) is 8.04. The highest BCUT2D eigenvalue weighted by Crippen LogP contribution is 2.30. The predicted octanol–water partition coefficient (Wildman–Crippen LogP) is 2.60. The molecule has 1 aromatic carbocycles. The minimum atomic E-state index is -0.0411. The zero-order valence-corrected chi connectivity index (χ0v) is 11.4. The minimum Gasteiger partial charge on any atom is -0.384 e. The highest BCUT2D eigenvalue weighted by Gasteiger charge is 2.28. The molecule has 2 unspecified atom stereocenters. The number of nitrogens with one attached hydrogen (secondary N) is 2. The lowest BCUT2D eigenvalue weighted by Gasteiger charge is -2.18. The number of rotatable bonds is 4. The highest BCUT2D eigenvalue weighted by atomic mass is 16.1. The Bertz CT molecular complexity index is 428. The van der Waals surface area contributed by atoms with Gasteiger partial charge in [-0.3, -0.25) is 4.79 Å². The molecule has 98 valence electrons. The Labute approximate surface area is 109 Å². The Kier molecular flexibility index (Phi) is 3.90.